The van der Waals surface area contributed by atoms with Crippen LogP contribution in [-0.4, -0.2) is 26.2 Å². The molecule has 3 N–H and O–H groups in total. The minimum atomic E-state index is -0.282. The highest BCUT2D eigenvalue weighted by Gasteiger charge is 2.31. The number of halogens is 1. The molecule has 0 aromatic heterocycles. The summed E-state index contributed by atoms with van der Waals surface area (Å²) in [6, 6.07) is 7.87. The highest BCUT2D eigenvalue weighted by molar-refractivity contribution is 5.85. The maximum Gasteiger partial charge on any atom is 0.324 e. The number of hydrazine groups is 1. The number of methoxy groups -OCH3 is 1. The molecule has 1 aromatic rings. The van der Waals surface area contributed by atoms with Gasteiger partial charge in [-0.05, 0) is 18.1 Å². The first kappa shape index (κ1) is 14.8. The standard InChI is InChI=1S/C12H17N3O2.ClH/c1-13-9-6-4-3-5-8(9)10-7-11(15-14-10)12(16)17-2;/h3-6,10-11,13-15H,7H2,1-2H3;1H. The third kappa shape index (κ3) is 2.93. The van der Waals surface area contributed by atoms with Crippen LogP contribution in [0, 0.1) is 0 Å². The number of carbonyl (C=O) groups excluding carboxylic acids is 1. The van der Waals surface area contributed by atoms with E-state index >= 15 is 0 Å². The van der Waals surface area contributed by atoms with Gasteiger partial charge in [0, 0.05) is 12.7 Å². The molecule has 2 rings (SSSR count). The highest BCUT2D eigenvalue weighted by atomic mass is 35.5. The summed E-state index contributed by atoms with van der Waals surface area (Å²) in [5.74, 6) is -0.234. The Morgan fingerprint density at radius 3 is 2.78 bits per heavy atom. The summed E-state index contributed by atoms with van der Waals surface area (Å²) in [6.45, 7) is 0. The smallest absolute Gasteiger partial charge is 0.324 e. The van der Waals surface area contributed by atoms with Gasteiger partial charge in [0.05, 0.1) is 13.2 Å². The van der Waals surface area contributed by atoms with Crippen LogP contribution in [0.3, 0.4) is 0 Å². The van der Waals surface area contributed by atoms with Gasteiger partial charge in [-0.2, -0.15) is 0 Å². The molecule has 1 fully saturated rings. The molecule has 100 valence electrons. The fourth-order valence-corrected chi connectivity index (χ4v) is 2.09. The summed E-state index contributed by atoms with van der Waals surface area (Å²) < 4.78 is 4.72. The van der Waals surface area contributed by atoms with Crippen molar-refractivity contribution in [1.82, 2.24) is 10.9 Å². The van der Waals surface area contributed by atoms with Gasteiger partial charge in [0.1, 0.15) is 6.04 Å². The third-order valence-electron chi connectivity index (χ3n) is 2.99. The van der Waals surface area contributed by atoms with Crippen molar-refractivity contribution in [2.45, 2.75) is 18.5 Å². The van der Waals surface area contributed by atoms with Crippen molar-refractivity contribution in [3.05, 3.63) is 29.8 Å². The number of nitrogens with one attached hydrogen (secondary N) is 3. The topological polar surface area (TPSA) is 62.4 Å². The Labute approximate surface area is 113 Å². The molecule has 0 bridgehead atoms. The van der Waals surface area contributed by atoms with Crippen molar-refractivity contribution < 1.29 is 9.53 Å². The van der Waals surface area contributed by atoms with Crippen LogP contribution in [-0.2, 0) is 9.53 Å². The van der Waals surface area contributed by atoms with E-state index in [-0.39, 0.29) is 30.5 Å². The van der Waals surface area contributed by atoms with Crippen LogP contribution in [0.5, 0.6) is 0 Å². The number of hydrogen-bond donors (Lipinski definition) is 3. The number of rotatable bonds is 3. The van der Waals surface area contributed by atoms with Crippen LogP contribution >= 0.6 is 12.4 Å². The van der Waals surface area contributed by atoms with Crippen molar-refractivity contribution in [2.75, 3.05) is 19.5 Å². The first-order valence-electron chi connectivity index (χ1n) is 5.62. The van der Waals surface area contributed by atoms with Gasteiger partial charge in [0.25, 0.3) is 0 Å². The maximum absolute atomic E-state index is 11.4. The van der Waals surface area contributed by atoms with Crippen LogP contribution < -0.4 is 16.2 Å². The lowest BCUT2D eigenvalue weighted by Gasteiger charge is -2.14. The van der Waals surface area contributed by atoms with Crippen molar-refractivity contribution in [2.24, 2.45) is 0 Å². The number of anilines is 1. The normalized spacial score (nSPS) is 22.1. The van der Waals surface area contributed by atoms with E-state index in [4.69, 9.17) is 4.74 Å². The molecule has 0 radical (unpaired) electrons. The summed E-state index contributed by atoms with van der Waals surface area (Å²) in [5.41, 5.74) is 8.29. The largest absolute Gasteiger partial charge is 0.468 e. The maximum atomic E-state index is 11.4. The van der Waals surface area contributed by atoms with Gasteiger partial charge >= 0.3 is 5.97 Å². The highest BCUT2D eigenvalue weighted by Crippen LogP contribution is 2.28. The van der Waals surface area contributed by atoms with Gasteiger partial charge in [0.2, 0.25) is 0 Å². The third-order valence-corrected chi connectivity index (χ3v) is 2.99. The zero-order valence-electron chi connectivity index (χ0n) is 10.4. The molecule has 0 amide bonds. The monoisotopic (exact) mass is 271 g/mol. The van der Waals surface area contributed by atoms with Crippen molar-refractivity contribution in [3.63, 3.8) is 0 Å². The quantitative estimate of drug-likeness (QED) is 0.722. The molecule has 2 unspecified atom stereocenters. The molecule has 1 aliphatic heterocycles. The zero-order valence-corrected chi connectivity index (χ0v) is 11.2. The van der Waals surface area contributed by atoms with Gasteiger partial charge in [-0.3, -0.25) is 4.79 Å². The van der Waals surface area contributed by atoms with Crippen LogP contribution in [0.2, 0.25) is 0 Å². The molecule has 1 aromatic carbocycles. The first-order chi connectivity index (χ1) is 8.26. The summed E-state index contributed by atoms with van der Waals surface area (Å²) in [5, 5.41) is 3.15. The Kier molecular flexibility index (Phi) is 5.40. The number of hydrogen-bond acceptors (Lipinski definition) is 5. The Morgan fingerprint density at radius 2 is 2.11 bits per heavy atom. The van der Waals surface area contributed by atoms with Gasteiger partial charge < -0.3 is 10.1 Å². The van der Waals surface area contributed by atoms with E-state index in [1.807, 2.05) is 31.3 Å². The molecule has 5 nitrogen and oxygen atoms in total. The molecule has 1 saturated heterocycles. The summed E-state index contributed by atoms with van der Waals surface area (Å²) in [6.07, 6.45) is 0.686. The predicted molar refractivity (Wildman–Crippen MR) is 72.7 cm³/mol. The molecule has 1 aliphatic rings. The van der Waals surface area contributed by atoms with Crippen molar-refractivity contribution in [1.29, 1.82) is 0 Å². The van der Waals surface area contributed by atoms with E-state index in [1.54, 1.807) is 0 Å². The average Bonchev–Trinajstić information content (AvgIpc) is 2.87. The van der Waals surface area contributed by atoms with Crippen molar-refractivity contribution >= 4 is 24.1 Å². The Bertz CT molecular complexity index is 414. The fourth-order valence-electron chi connectivity index (χ4n) is 2.09. The lowest BCUT2D eigenvalue weighted by molar-refractivity contribution is -0.142. The average molecular weight is 272 g/mol. The summed E-state index contributed by atoms with van der Waals surface area (Å²) >= 11 is 0. The van der Waals surface area contributed by atoms with E-state index < -0.39 is 0 Å². The molecular formula is C12H18ClN3O2. The Balaban J connectivity index is 0.00000162. The number of carbonyl (C=O) groups is 1. The van der Waals surface area contributed by atoms with E-state index in [9.17, 15) is 4.79 Å². The van der Waals surface area contributed by atoms with Crippen molar-refractivity contribution in [3.8, 4) is 0 Å². The fraction of sp³-hybridized carbons (Fsp3) is 0.417. The van der Waals surface area contributed by atoms with E-state index in [1.165, 1.54) is 7.11 Å². The molecule has 1 heterocycles. The Hall–Kier alpha value is -1.30. The van der Waals surface area contributed by atoms with Gasteiger partial charge in [-0.1, -0.05) is 18.2 Å². The van der Waals surface area contributed by atoms with Crippen LogP contribution in [0.15, 0.2) is 24.3 Å². The summed E-state index contributed by atoms with van der Waals surface area (Å²) in [4.78, 5) is 11.4. The number of para-hydroxylation sites is 1. The number of benzene rings is 1. The summed E-state index contributed by atoms with van der Waals surface area (Å²) in [7, 11) is 3.29. The van der Waals surface area contributed by atoms with Gasteiger partial charge in [0.15, 0.2) is 0 Å². The predicted octanol–water partition coefficient (Wildman–Crippen LogP) is 1.23. The molecule has 2 atom stereocenters. The van der Waals surface area contributed by atoms with Crippen LogP contribution in [0.1, 0.15) is 18.0 Å². The molecule has 0 aliphatic carbocycles. The second kappa shape index (κ2) is 6.58. The van der Waals surface area contributed by atoms with Gasteiger partial charge in [-0.15, -0.1) is 12.4 Å². The Morgan fingerprint density at radius 1 is 1.39 bits per heavy atom. The lowest BCUT2D eigenvalue weighted by Crippen LogP contribution is -2.36. The molecule has 0 spiro atoms. The minimum absolute atomic E-state index is 0. The van der Waals surface area contributed by atoms with Crippen LogP contribution in [0.25, 0.3) is 0 Å². The van der Waals surface area contributed by atoms with Gasteiger partial charge in [-0.25, -0.2) is 10.9 Å². The second-order valence-corrected chi connectivity index (χ2v) is 3.99. The number of esters is 1. The SMILES string of the molecule is CNc1ccccc1C1CC(C(=O)OC)NN1.Cl. The molecule has 6 heteroatoms. The van der Waals surface area contributed by atoms with E-state index in [2.05, 4.69) is 16.2 Å². The molecular weight excluding hydrogens is 254 g/mol. The van der Waals surface area contributed by atoms with E-state index in [0.717, 1.165) is 11.3 Å². The lowest BCUT2D eigenvalue weighted by atomic mass is 10.0. The van der Waals surface area contributed by atoms with E-state index in [0.29, 0.717) is 6.42 Å². The second-order valence-electron chi connectivity index (χ2n) is 3.99. The first-order valence-corrected chi connectivity index (χ1v) is 5.62. The molecule has 0 saturated carbocycles. The zero-order chi connectivity index (χ0) is 12.3. The van der Waals surface area contributed by atoms with Crippen LogP contribution in [0.4, 0.5) is 5.69 Å². The molecule has 18 heavy (non-hydrogen) atoms. The minimum Gasteiger partial charge on any atom is -0.468 e. The number of ether oxygens (including phenoxy) is 1.